The van der Waals surface area contributed by atoms with Crippen LogP contribution in [0.15, 0.2) is 18.3 Å². The fourth-order valence-electron chi connectivity index (χ4n) is 1.13. The van der Waals surface area contributed by atoms with E-state index in [0.29, 0.717) is 0 Å². The predicted molar refractivity (Wildman–Crippen MR) is 58.7 cm³/mol. The Morgan fingerprint density at radius 2 is 2.25 bits per heavy atom. The number of hydrogen-bond donors (Lipinski definition) is 1. The molecule has 1 aromatic heterocycles. The van der Waals surface area contributed by atoms with Crippen LogP contribution in [0.1, 0.15) is 18.9 Å². The van der Waals surface area contributed by atoms with E-state index < -0.39 is 13.0 Å². The van der Waals surface area contributed by atoms with Gasteiger partial charge in [0.2, 0.25) is 0 Å². The Bertz CT molecular complexity index is 291. The third-order valence-electron chi connectivity index (χ3n) is 1.89. The molecular weight excluding hydrogens is 214 g/mol. The first-order chi connectivity index (χ1) is 7.72. The van der Waals surface area contributed by atoms with E-state index in [2.05, 4.69) is 17.2 Å². The lowest BCUT2D eigenvalue weighted by molar-refractivity contribution is 0.00980. The second kappa shape index (κ2) is 7.11. The van der Waals surface area contributed by atoms with Gasteiger partial charge >= 0.3 is 0 Å². The van der Waals surface area contributed by atoms with Gasteiger partial charge in [0.15, 0.2) is 0 Å². The average Bonchev–Trinajstić information content (AvgIpc) is 2.27. The van der Waals surface area contributed by atoms with Gasteiger partial charge in [-0.05, 0) is 18.1 Å². The summed E-state index contributed by atoms with van der Waals surface area (Å²) >= 11 is 0. The van der Waals surface area contributed by atoms with Crippen molar-refractivity contribution < 1.29 is 13.5 Å². The van der Waals surface area contributed by atoms with Crippen molar-refractivity contribution in [3.05, 3.63) is 23.9 Å². The summed E-state index contributed by atoms with van der Waals surface area (Å²) in [5, 5.41) is 3.12. The molecule has 0 bridgehead atoms. The Hall–Kier alpha value is -1.23. The summed E-state index contributed by atoms with van der Waals surface area (Å²) in [6.45, 7) is 2.58. The average molecular weight is 230 g/mol. The summed E-state index contributed by atoms with van der Waals surface area (Å²) in [6, 6.07) is 3.63. The second-order valence-electron chi connectivity index (χ2n) is 3.38. The third-order valence-corrected chi connectivity index (χ3v) is 1.89. The van der Waals surface area contributed by atoms with E-state index in [1.54, 1.807) is 6.20 Å². The van der Waals surface area contributed by atoms with E-state index in [1.165, 1.54) is 0 Å². The minimum Gasteiger partial charge on any atom is -0.371 e. The van der Waals surface area contributed by atoms with Crippen LogP contribution < -0.4 is 5.32 Å². The summed E-state index contributed by atoms with van der Waals surface area (Å²) in [6.07, 6.45) is 0.239. The van der Waals surface area contributed by atoms with Gasteiger partial charge in [-0.1, -0.05) is 13.0 Å². The zero-order valence-electron chi connectivity index (χ0n) is 9.25. The van der Waals surface area contributed by atoms with Gasteiger partial charge in [-0.3, -0.25) is 0 Å². The number of ether oxygens (including phenoxy) is 1. The van der Waals surface area contributed by atoms with Gasteiger partial charge in [0.25, 0.3) is 6.43 Å². The number of alkyl halides is 2. The van der Waals surface area contributed by atoms with Crippen molar-refractivity contribution in [2.24, 2.45) is 0 Å². The number of anilines is 1. The van der Waals surface area contributed by atoms with Crippen LogP contribution in [0.3, 0.4) is 0 Å². The molecule has 1 rings (SSSR count). The summed E-state index contributed by atoms with van der Waals surface area (Å²) in [5.74, 6) is 0.791. The smallest absolute Gasteiger partial charge is 0.261 e. The lowest BCUT2D eigenvalue weighted by atomic mass is 10.3. The molecule has 1 aromatic rings. The van der Waals surface area contributed by atoms with Crippen LogP contribution in [0.5, 0.6) is 0 Å². The van der Waals surface area contributed by atoms with Crippen molar-refractivity contribution in [1.82, 2.24) is 4.98 Å². The zero-order valence-corrected chi connectivity index (χ0v) is 9.25. The predicted octanol–water partition coefficient (Wildman–Crippen LogP) is 2.69. The quantitative estimate of drug-likeness (QED) is 0.782. The highest BCUT2D eigenvalue weighted by molar-refractivity contribution is 5.35. The summed E-state index contributed by atoms with van der Waals surface area (Å²) in [5.41, 5.74) is 0.794. The Balaban J connectivity index is 2.33. The number of halogens is 2. The Morgan fingerprint density at radius 1 is 1.44 bits per heavy atom. The maximum atomic E-state index is 11.8. The molecule has 16 heavy (non-hydrogen) atoms. The Kier molecular flexibility index (Phi) is 5.71. The van der Waals surface area contributed by atoms with Crippen molar-refractivity contribution in [3.8, 4) is 0 Å². The molecule has 0 unspecified atom stereocenters. The molecule has 0 spiro atoms. The number of nitrogens with one attached hydrogen (secondary N) is 1. The van der Waals surface area contributed by atoms with Gasteiger partial charge in [-0.2, -0.15) is 0 Å². The number of rotatable bonds is 7. The van der Waals surface area contributed by atoms with Gasteiger partial charge in [-0.25, -0.2) is 13.8 Å². The van der Waals surface area contributed by atoms with Crippen molar-refractivity contribution in [2.75, 3.05) is 18.5 Å². The van der Waals surface area contributed by atoms with E-state index in [4.69, 9.17) is 4.74 Å². The first-order valence-corrected chi connectivity index (χ1v) is 5.27. The molecule has 0 aliphatic rings. The van der Waals surface area contributed by atoms with Crippen LogP contribution in [0.2, 0.25) is 0 Å². The van der Waals surface area contributed by atoms with E-state index in [1.807, 2.05) is 12.1 Å². The maximum Gasteiger partial charge on any atom is 0.261 e. The molecule has 0 radical (unpaired) electrons. The molecule has 0 aliphatic carbocycles. The van der Waals surface area contributed by atoms with Gasteiger partial charge in [0.05, 0.1) is 6.61 Å². The summed E-state index contributed by atoms with van der Waals surface area (Å²) in [7, 11) is 0. The SMILES string of the molecule is CCCNc1ccc(COCC(F)F)cn1. The molecule has 5 heteroatoms. The van der Waals surface area contributed by atoms with E-state index in [9.17, 15) is 8.78 Å². The second-order valence-corrected chi connectivity index (χ2v) is 3.38. The normalized spacial score (nSPS) is 10.8. The van der Waals surface area contributed by atoms with Crippen LogP contribution in [-0.4, -0.2) is 24.6 Å². The Labute approximate surface area is 93.8 Å². The molecule has 0 amide bonds. The molecule has 0 saturated carbocycles. The van der Waals surface area contributed by atoms with Crippen LogP contribution in [0.25, 0.3) is 0 Å². The van der Waals surface area contributed by atoms with Gasteiger partial charge in [-0.15, -0.1) is 0 Å². The van der Waals surface area contributed by atoms with Crippen LogP contribution >= 0.6 is 0 Å². The Morgan fingerprint density at radius 3 is 2.81 bits per heavy atom. The molecule has 0 aliphatic heterocycles. The molecular formula is C11H16F2N2O. The number of aromatic nitrogens is 1. The lowest BCUT2D eigenvalue weighted by Gasteiger charge is -2.06. The lowest BCUT2D eigenvalue weighted by Crippen LogP contribution is -2.05. The first-order valence-electron chi connectivity index (χ1n) is 5.27. The fraction of sp³-hybridized carbons (Fsp3) is 0.545. The van der Waals surface area contributed by atoms with E-state index in [-0.39, 0.29) is 6.61 Å². The van der Waals surface area contributed by atoms with Crippen molar-refractivity contribution >= 4 is 5.82 Å². The maximum absolute atomic E-state index is 11.8. The zero-order chi connectivity index (χ0) is 11.8. The molecule has 1 N–H and O–H groups in total. The number of pyridine rings is 1. The number of nitrogens with zero attached hydrogens (tertiary/aromatic N) is 1. The summed E-state index contributed by atoms with van der Waals surface area (Å²) in [4.78, 5) is 4.14. The highest BCUT2D eigenvalue weighted by Gasteiger charge is 2.02. The van der Waals surface area contributed by atoms with E-state index >= 15 is 0 Å². The largest absolute Gasteiger partial charge is 0.371 e. The highest BCUT2D eigenvalue weighted by Crippen LogP contribution is 2.06. The van der Waals surface area contributed by atoms with Crippen molar-refractivity contribution in [1.29, 1.82) is 0 Å². The molecule has 3 nitrogen and oxygen atoms in total. The van der Waals surface area contributed by atoms with Crippen LogP contribution in [0, 0.1) is 0 Å². The van der Waals surface area contributed by atoms with Gasteiger partial charge in [0, 0.05) is 12.7 Å². The standard InChI is InChI=1S/C11H16F2N2O/c1-2-5-14-11-4-3-9(6-15-11)7-16-8-10(12)13/h3-4,6,10H,2,5,7-8H2,1H3,(H,14,15). The highest BCUT2D eigenvalue weighted by atomic mass is 19.3. The van der Waals surface area contributed by atoms with Crippen molar-refractivity contribution in [2.45, 2.75) is 26.4 Å². The van der Waals surface area contributed by atoms with Crippen LogP contribution in [0.4, 0.5) is 14.6 Å². The molecule has 0 saturated heterocycles. The first kappa shape index (κ1) is 12.8. The van der Waals surface area contributed by atoms with Crippen molar-refractivity contribution in [3.63, 3.8) is 0 Å². The number of hydrogen-bond acceptors (Lipinski definition) is 3. The molecule has 1 heterocycles. The topological polar surface area (TPSA) is 34.1 Å². The van der Waals surface area contributed by atoms with E-state index in [0.717, 1.165) is 24.3 Å². The minimum atomic E-state index is -2.42. The molecule has 0 fully saturated rings. The monoisotopic (exact) mass is 230 g/mol. The molecule has 0 aromatic carbocycles. The minimum absolute atomic E-state index is 0.172. The third kappa shape index (κ3) is 5.02. The van der Waals surface area contributed by atoms with Crippen LogP contribution in [-0.2, 0) is 11.3 Å². The molecule has 0 atom stereocenters. The van der Waals surface area contributed by atoms with Gasteiger partial charge < -0.3 is 10.1 Å². The summed E-state index contributed by atoms with van der Waals surface area (Å²) < 4.78 is 28.4. The fourth-order valence-corrected chi connectivity index (χ4v) is 1.13. The van der Waals surface area contributed by atoms with Gasteiger partial charge in [0.1, 0.15) is 12.4 Å². The molecule has 90 valence electrons.